The van der Waals surface area contributed by atoms with Gasteiger partial charge in [0.05, 0.1) is 29.0 Å². The summed E-state index contributed by atoms with van der Waals surface area (Å²) in [6.45, 7) is 11.3. The largest absolute Gasteiger partial charge is 0.361 e. The van der Waals surface area contributed by atoms with E-state index in [2.05, 4.69) is 78.1 Å². The molecule has 0 aliphatic carbocycles. The van der Waals surface area contributed by atoms with Gasteiger partial charge in [0.1, 0.15) is 5.76 Å². The molecule has 1 aromatic carbocycles. The van der Waals surface area contributed by atoms with E-state index in [0.29, 0.717) is 6.54 Å². The number of hydrogen-bond donors (Lipinski definition) is 0. The number of nitrogens with zero attached hydrogens (tertiary/aromatic N) is 4. The molecule has 4 heterocycles. The van der Waals surface area contributed by atoms with Crippen molar-refractivity contribution in [3.05, 3.63) is 89.8 Å². The number of aryl methyl sites for hydroxylation is 2. The van der Waals surface area contributed by atoms with Gasteiger partial charge in [0.15, 0.2) is 0 Å². The van der Waals surface area contributed by atoms with Crippen LogP contribution in [0.15, 0.2) is 71.6 Å². The molecule has 0 aliphatic heterocycles. The minimum absolute atomic E-state index is 0.118. The minimum Gasteiger partial charge on any atom is -0.361 e. The minimum atomic E-state index is 0.118. The smallest absolute Gasteiger partial charge is 0.141 e. The average Bonchev–Trinajstić information content (AvgIpc) is 3.33. The van der Waals surface area contributed by atoms with E-state index < -0.39 is 0 Å². The Morgan fingerprint density at radius 2 is 1.73 bits per heavy atom. The Morgan fingerprint density at radius 3 is 2.36 bits per heavy atom. The number of fused-ring (bicyclic) bond motifs is 1. The first-order chi connectivity index (χ1) is 15.8. The molecule has 4 aromatic heterocycles. The summed E-state index contributed by atoms with van der Waals surface area (Å²) in [7, 11) is 0. The molecule has 5 heteroatoms. The van der Waals surface area contributed by atoms with E-state index in [-0.39, 0.29) is 5.41 Å². The van der Waals surface area contributed by atoms with Crippen LogP contribution in [-0.4, -0.2) is 19.7 Å². The van der Waals surface area contributed by atoms with Crippen molar-refractivity contribution < 1.29 is 4.52 Å². The van der Waals surface area contributed by atoms with Crippen LogP contribution in [0.1, 0.15) is 43.5 Å². The van der Waals surface area contributed by atoms with Gasteiger partial charge >= 0.3 is 0 Å². The Kier molecular flexibility index (Phi) is 5.12. The summed E-state index contributed by atoms with van der Waals surface area (Å²) in [5, 5.41) is 4.12. The number of aromatic nitrogens is 4. The van der Waals surface area contributed by atoms with E-state index in [4.69, 9.17) is 9.51 Å². The van der Waals surface area contributed by atoms with E-state index in [1.165, 1.54) is 5.56 Å². The van der Waals surface area contributed by atoms with Gasteiger partial charge in [-0.3, -0.25) is 9.97 Å². The fourth-order valence-electron chi connectivity index (χ4n) is 4.36. The van der Waals surface area contributed by atoms with Crippen molar-refractivity contribution in [1.29, 1.82) is 0 Å². The standard InChI is InChI=1S/C28H28N4O/c1-18-26(19(2)33-31-18)21-14-25-27(30-15-21)24(17-32(25)16-23-8-6-7-13-29-23)20-9-11-22(12-10-20)28(3,4)5/h6-15,17H,16H2,1-5H3. The molecule has 166 valence electrons. The maximum absolute atomic E-state index is 5.41. The molecule has 0 unspecified atom stereocenters. The van der Waals surface area contributed by atoms with E-state index in [1.807, 2.05) is 38.4 Å². The Hall–Kier alpha value is -3.73. The molecule has 0 N–H and O–H groups in total. The monoisotopic (exact) mass is 436 g/mol. The summed E-state index contributed by atoms with van der Waals surface area (Å²) in [6, 6.07) is 17.0. The molecular weight excluding hydrogens is 408 g/mol. The lowest BCUT2D eigenvalue weighted by atomic mass is 9.86. The van der Waals surface area contributed by atoms with E-state index in [0.717, 1.165) is 50.4 Å². The van der Waals surface area contributed by atoms with E-state index >= 15 is 0 Å². The summed E-state index contributed by atoms with van der Waals surface area (Å²) >= 11 is 0. The third-order valence-electron chi connectivity index (χ3n) is 6.16. The molecule has 0 saturated heterocycles. The van der Waals surface area contributed by atoms with Gasteiger partial charge in [-0.2, -0.15) is 0 Å². The molecule has 0 radical (unpaired) electrons. The third-order valence-corrected chi connectivity index (χ3v) is 6.16. The molecule has 5 aromatic rings. The summed E-state index contributed by atoms with van der Waals surface area (Å²) < 4.78 is 7.64. The first-order valence-electron chi connectivity index (χ1n) is 11.2. The molecule has 0 spiro atoms. The van der Waals surface area contributed by atoms with Crippen molar-refractivity contribution in [2.45, 2.75) is 46.6 Å². The second-order valence-corrected chi connectivity index (χ2v) is 9.61. The number of pyridine rings is 2. The zero-order valence-electron chi connectivity index (χ0n) is 19.8. The number of rotatable bonds is 4. The first-order valence-corrected chi connectivity index (χ1v) is 11.2. The predicted octanol–water partition coefficient (Wildman–Crippen LogP) is 6.72. The van der Waals surface area contributed by atoms with E-state index in [1.54, 1.807) is 0 Å². The van der Waals surface area contributed by atoms with Crippen LogP contribution in [0, 0.1) is 13.8 Å². The lowest BCUT2D eigenvalue weighted by Gasteiger charge is -2.19. The topological polar surface area (TPSA) is 56.7 Å². The van der Waals surface area contributed by atoms with Gasteiger partial charge in [0, 0.05) is 35.3 Å². The molecule has 33 heavy (non-hydrogen) atoms. The molecule has 5 nitrogen and oxygen atoms in total. The zero-order chi connectivity index (χ0) is 23.2. The number of hydrogen-bond acceptors (Lipinski definition) is 4. The first kappa shape index (κ1) is 21.1. The predicted molar refractivity (Wildman–Crippen MR) is 132 cm³/mol. The normalized spacial score (nSPS) is 11.9. The Morgan fingerprint density at radius 1 is 0.939 bits per heavy atom. The van der Waals surface area contributed by atoms with Gasteiger partial charge in [-0.1, -0.05) is 56.3 Å². The van der Waals surface area contributed by atoms with E-state index in [9.17, 15) is 0 Å². The summed E-state index contributed by atoms with van der Waals surface area (Å²) in [5.41, 5.74) is 9.64. The summed E-state index contributed by atoms with van der Waals surface area (Å²) in [4.78, 5) is 9.45. The molecule has 0 saturated carbocycles. The Balaban J connectivity index is 1.67. The molecule has 5 rings (SSSR count). The van der Waals surface area contributed by atoms with Gasteiger partial charge in [-0.05, 0) is 48.6 Å². The van der Waals surface area contributed by atoms with Crippen LogP contribution in [0.4, 0.5) is 0 Å². The van der Waals surface area contributed by atoms with Crippen molar-refractivity contribution in [3.8, 4) is 22.3 Å². The maximum Gasteiger partial charge on any atom is 0.141 e. The van der Waals surface area contributed by atoms with Crippen LogP contribution < -0.4 is 0 Å². The number of benzene rings is 1. The molecule has 0 bridgehead atoms. The Bertz CT molecular complexity index is 1400. The highest BCUT2D eigenvalue weighted by atomic mass is 16.5. The van der Waals surface area contributed by atoms with Crippen LogP contribution >= 0.6 is 0 Å². The van der Waals surface area contributed by atoms with Crippen molar-refractivity contribution >= 4 is 11.0 Å². The summed E-state index contributed by atoms with van der Waals surface area (Å²) in [5.74, 6) is 0.800. The third kappa shape index (κ3) is 3.95. The van der Waals surface area contributed by atoms with Crippen LogP contribution in [-0.2, 0) is 12.0 Å². The highest BCUT2D eigenvalue weighted by molar-refractivity contribution is 5.95. The fraction of sp³-hybridized carbons (Fsp3) is 0.250. The molecular formula is C28H28N4O. The quantitative estimate of drug-likeness (QED) is 0.314. The van der Waals surface area contributed by atoms with Gasteiger partial charge < -0.3 is 9.09 Å². The van der Waals surface area contributed by atoms with Crippen LogP contribution in [0.5, 0.6) is 0 Å². The molecule has 0 fully saturated rings. The highest BCUT2D eigenvalue weighted by Gasteiger charge is 2.18. The summed E-state index contributed by atoms with van der Waals surface area (Å²) in [6.07, 6.45) is 5.95. The fourth-order valence-corrected chi connectivity index (χ4v) is 4.36. The van der Waals surface area contributed by atoms with Crippen LogP contribution in [0.25, 0.3) is 33.3 Å². The zero-order valence-corrected chi connectivity index (χ0v) is 19.8. The highest BCUT2D eigenvalue weighted by Crippen LogP contribution is 2.35. The van der Waals surface area contributed by atoms with Crippen LogP contribution in [0.2, 0.25) is 0 Å². The van der Waals surface area contributed by atoms with Crippen molar-refractivity contribution in [2.24, 2.45) is 0 Å². The van der Waals surface area contributed by atoms with Gasteiger partial charge in [-0.25, -0.2) is 0 Å². The van der Waals surface area contributed by atoms with Gasteiger partial charge in [-0.15, -0.1) is 0 Å². The lowest BCUT2D eigenvalue weighted by Crippen LogP contribution is -2.10. The van der Waals surface area contributed by atoms with Gasteiger partial charge in [0.2, 0.25) is 0 Å². The van der Waals surface area contributed by atoms with Gasteiger partial charge in [0.25, 0.3) is 0 Å². The molecule has 0 aliphatic rings. The second kappa shape index (κ2) is 8.00. The second-order valence-electron chi connectivity index (χ2n) is 9.61. The maximum atomic E-state index is 5.41. The van der Waals surface area contributed by atoms with Crippen molar-refractivity contribution in [1.82, 2.24) is 19.7 Å². The Labute approximate surface area is 194 Å². The van der Waals surface area contributed by atoms with Crippen molar-refractivity contribution in [2.75, 3.05) is 0 Å². The van der Waals surface area contributed by atoms with Crippen molar-refractivity contribution in [3.63, 3.8) is 0 Å². The SMILES string of the molecule is Cc1noc(C)c1-c1cnc2c(-c3ccc(C(C)(C)C)cc3)cn(Cc3ccccn3)c2c1. The molecule has 0 amide bonds. The average molecular weight is 437 g/mol. The lowest BCUT2D eigenvalue weighted by molar-refractivity contribution is 0.393. The molecule has 0 atom stereocenters. The van der Waals surface area contributed by atoms with Crippen LogP contribution in [0.3, 0.4) is 0 Å².